The van der Waals surface area contributed by atoms with Crippen LogP contribution in [0.1, 0.15) is 11.1 Å². The molecular formula is C18H21ClN2O4. The molecule has 0 heterocycles. The standard InChI is InChI=1S/C18H20N2O4.ClH/c1-23-17(21)12-19-16-9-7-14(8-10-16)11-20-18(22)24-13-15-5-3-2-4-6-15;/h2-10,19H,11-13H2,1H3,(H,20,22);1H. The lowest BCUT2D eigenvalue weighted by Crippen LogP contribution is -2.23. The molecule has 2 aromatic carbocycles. The zero-order valence-electron chi connectivity index (χ0n) is 13.9. The molecule has 2 aromatic rings. The van der Waals surface area contributed by atoms with Crippen molar-refractivity contribution < 1.29 is 19.1 Å². The molecule has 0 aliphatic carbocycles. The van der Waals surface area contributed by atoms with Crippen LogP contribution in [0.3, 0.4) is 0 Å². The topological polar surface area (TPSA) is 76.7 Å². The van der Waals surface area contributed by atoms with Crippen molar-refractivity contribution in [3.05, 3.63) is 65.7 Å². The molecule has 0 aliphatic heterocycles. The highest BCUT2D eigenvalue weighted by Crippen LogP contribution is 2.09. The van der Waals surface area contributed by atoms with Gasteiger partial charge in [0.05, 0.1) is 7.11 Å². The van der Waals surface area contributed by atoms with Crippen molar-refractivity contribution in [3.8, 4) is 0 Å². The highest BCUT2D eigenvalue weighted by atomic mass is 35.5. The number of hydrogen-bond donors (Lipinski definition) is 2. The van der Waals surface area contributed by atoms with E-state index in [1.165, 1.54) is 7.11 Å². The minimum absolute atomic E-state index is 0. The van der Waals surface area contributed by atoms with Crippen molar-refractivity contribution in [2.75, 3.05) is 19.0 Å². The van der Waals surface area contributed by atoms with E-state index in [9.17, 15) is 9.59 Å². The van der Waals surface area contributed by atoms with Crippen LogP contribution in [-0.4, -0.2) is 25.7 Å². The molecule has 0 bridgehead atoms. The maximum Gasteiger partial charge on any atom is 0.407 e. The minimum Gasteiger partial charge on any atom is -0.468 e. The summed E-state index contributed by atoms with van der Waals surface area (Å²) >= 11 is 0. The molecule has 0 saturated heterocycles. The fraction of sp³-hybridized carbons (Fsp3) is 0.222. The normalized spacial score (nSPS) is 9.48. The van der Waals surface area contributed by atoms with Gasteiger partial charge in [0.1, 0.15) is 13.2 Å². The fourth-order valence-electron chi connectivity index (χ4n) is 1.94. The predicted molar refractivity (Wildman–Crippen MR) is 97.7 cm³/mol. The first-order valence-electron chi connectivity index (χ1n) is 7.51. The number of carbonyl (C=O) groups excluding carboxylic acids is 2. The van der Waals surface area contributed by atoms with E-state index in [1.54, 1.807) is 0 Å². The number of rotatable bonds is 7. The molecule has 0 radical (unpaired) electrons. The molecule has 2 rings (SSSR count). The van der Waals surface area contributed by atoms with Gasteiger partial charge >= 0.3 is 12.1 Å². The van der Waals surface area contributed by atoms with E-state index in [1.807, 2.05) is 54.6 Å². The van der Waals surface area contributed by atoms with E-state index in [0.717, 1.165) is 16.8 Å². The second kappa shape index (κ2) is 10.9. The largest absolute Gasteiger partial charge is 0.468 e. The summed E-state index contributed by atoms with van der Waals surface area (Å²) in [5.74, 6) is -0.332. The molecule has 0 aromatic heterocycles. The van der Waals surface area contributed by atoms with Crippen LogP contribution in [0.4, 0.5) is 10.5 Å². The number of esters is 1. The van der Waals surface area contributed by atoms with E-state index in [-0.39, 0.29) is 31.5 Å². The molecule has 6 nitrogen and oxygen atoms in total. The predicted octanol–water partition coefficient (Wildman–Crippen LogP) is 3.12. The lowest BCUT2D eigenvalue weighted by Gasteiger charge is -2.08. The highest BCUT2D eigenvalue weighted by molar-refractivity contribution is 5.85. The number of ether oxygens (including phenoxy) is 2. The number of nitrogens with one attached hydrogen (secondary N) is 2. The Balaban J connectivity index is 0.00000312. The lowest BCUT2D eigenvalue weighted by atomic mass is 10.2. The third-order valence-corrected chi connectivity index (χ3v) is 3.27. The molecule has 2 N–H and O–H groups in total. The van der Waals surface area contributed by atoms with Crippen molar-refractivity contribution in [1.82, 2.24) is 5.32 Å². The molecule has 0 spiro atoms. The van der Waals surface area contributed by atoms with Crippen LogP contribution in [0.2, 0.25) is 0 Å². The summed E-state index contributed by atoms with van der Waals surface area (Å²) in [7, 11) is 1.34. The summed E-state index contributed by atoms with van der Waals surface area (Å²) in [5.41, 5.74) is 2.67. The Morgan fingerprint density at radius 3 is 2.28 bits per heavy atom. The van der Waals surface area contributed by atoms with Crippen LogP contribution in [0, 0.1) is 0 Å². The molecule has 0 unspecified atom stereocenters. The van der Waals surface area contributed by atoms with E-state index < -0.39 is 6.09 Å². The summed E-state index contributed by atoms with van der Waals surface area (Å²) in [6, 6.07) is 16.9. The quantitative estimate of drug-likeness (QED) is 0.738. The van der Waals surface area contributed by atoms with Gasteiger partial charge in [-0.05, 0) is 23.3 Å². The maximum absolute atomic E-state index is 11.7. The van der Waals surface area contributed by atoms with Gasteiger partial charge in [0.25, 0.3) is 0 Å². The van der Waals surface area contributed by atoms with Gasteiger partial charge < -0.3 is 20.1 Å². The molecule has 0 aliphatic rings. The van der Waals surface area contributed by atoms with Gasteiger partial charge in [0.2, 0.25) is 0 Å². The molecule has 25 heavy (non-hydrogen) atoms. The molecule has 1 amide bonds. The second-order valence-electron chi connectivity index (χ2n) is 5.04. The van der Waals surface area contributed by atoms with E-state index in [4.69, 9.17) is 4.74 Å². The zero-order valence-corrected chi connectivity index (χ0v) is 14.7. The Bertz CT molecular complexity index is 663. The van der Waals surface area contributed by atoms with Crippen LogP contribution in [0.25, 0.3) is 0 Å². The van der Waals surface area contributed by atoms with Gasteiger partial charge in [-0.15, -0.1) is 12.4 Å². The van der Waals surface area contributed by atoms with Gasteiger partial charge in [-0.1, -0.05) is 42.5 Å². The van der Waals surface area contributed by atoms with Crippen LogP contribution in [-0.2, 0) is 27.4 Å². The Morgan fingerprint density at radius 1 is 0.960 bits per heavy atom. The lowest BCUT2D eigenvalue weighted by molar-refractivity contribution is -0.138. The highest BCUT2D eigenvalue weighted by Gasteiger charge is 2.03. The van der Waals surface area contributed by atoms with Crippen molar-refractivity contribution in [2.45, 2.75) is 13.2 Å². The summed E-state index contributed by atoms with van der Waals surface area (Å²) in [6.45, 7) is 0.716. The molecular weight excluding hydrogens is 344 g/mol. The summed E-state index contributed by atoms with van der Waals surface area (Å²) in [6.07, 6.45) is -0.466. The first kappa shape index (κ1) is 20.3. The SMILES string of the molecule is COC(=O)CNc1ccc(CNC(=O)OCc2ccccc2)cc1.Cl. The van der Waals surface area contributed by atoms with Crippen LogP contribution < -0.4 is 10.6 Å². The average molecular weight is 365 g/mol. The van der Waals surface area contributed by atoms with E-state index in [0.29, 0.717) is 6.54 Å². The smallest absolute Gasteiger partial charge is 0.407 e. The molecule has 134 valence electrons. The Morgan fingerprint density at radius 2 is 1.64 bits per heavy atom. The third-order valence-electron chi connectivity index (χ3n) is 3.27. The minimum atomic E-state index is -0.466. The summed E-state index contributed by atoms with van der Waals surface area (Å²) in [5, 5.41) is 5.63. The number of methoxy groups -OCH3 is 1. The monoisotopic (exact) mass is 364 g/mol. The summed E-state index contributed by atoms with van der Waals surface area (Å²) in [4.78, 5) is 22.7. The van der Waals surface area contributed by atoms with Crippen LogP contribution >= 0.6 is 12.4 Å². The van der Waals surface area contributed by atoms with Gasteiger partial charge in [-0.3, -0.25) is 4.79 Å². The van der Waals surface area contributed by atoms with Crippen LogP contribution in [0.5, 0.6) is 0 Å². The number of halogens is 1. The first-order valence-corrected chi connectivity index (χ1v) is 7.51. The maximum atomic E-state index is 11.7. The molecule has 0 saturated carbocycles. The van der Waals surface area contributed by atoms with E-state index in [2.05, 4.69) is 15.4 Å². The van der Waals surface area contributed by atoms with Crippen molar-refractivity contribution in [2.24, 2.45) is 0 Å². The first-order chi connectivity index (χ1) is 11.7. The van der Waals surface area contributed by atoms with Gasteiger partial charge in [0.15, 0.2) is 0 Å². The van der Waals surface area contributed by atoms with Crippen molar-refractivity contribution >= 4 is 30.2 Å². The van der Waals surface area contributed by atoms with Gasteiger partial charge in [-0.2, -0.15) is 0 Å². The van der Waals surface area contributed by atoms with E-state index >= 15 is 0 Å². The number of anilines is 1. The number of amides is 1. The Labute approximate surface area is 152 Å². The Kier molecular flexibility index (Phi) is 8.89. The molecule has 0 atom stereocenters. The third kappa shape index (κ3) is 7.58. The van der Waals surface area contributed by atoms with Crippen molar-refractivity contribution in [3.63, 3.8) is 0 Å². The van der Waals surface area contributed by atoms with Crippen molar-refractivity contribution in [1.29, 1.82) is 0 Å². The molecule has 7 heteroatoms. The summed E-state index contributed by atoms with van der Waals surface area (Å²) < 4.78 is 9.69. The fourth-order valence-corrected chi connectivity index (χ4v) is 1.94. The molecule has 0 fully saturated rings. The Hall–Kier alpha value is -2.73. The van der Waals surface area contributed by atoms with Gasteiger partial charge in [0, 0.05) is 12.2 Å². The number of carbonyl (C=O) groups is 2. The zero-order chi connectivity index (χ0) is 17.2. The number of alkyl carbamates (subject to hydrolysis) is 1. The average Bonchev–Trinajstić information content (AvgIpc) is 2.64. The van der Waals surface area contributed by atoms with Gasteiger partial charge in [-0.25, -0.2) is 4.79 Å². The van der Waals surface area contributed by atoms with Crippen LogP contribution in [0.15, 0.2) is 54.6 Å². The number of hydrogen-bond acceptors (Lipinski definition) is 5. The second-order valence-corrected chi connectivity index (χ2v) is 5.04. The number of benzene rings is 2.